The summed E-state index contributed by atoms with van der Waals surface area (Å²) in [5, 5.41) is 11.3. The number of methoxy groups -OCH3 is 2. The first-order chi connectivity index (χ1) is 15.9. The number of rotatable bonds is 6. The van der Waals surface area contributed by atoms with Gasteiger partial charge in [-0.1, -0.05) is 18.2 Å². The number of hydrogen-bond acceptors (Lipinski definition) is 6. The van der Waals surface area contributed by atoms with Crippen molar-refractivity contribution in [1.82, 2.24) is 9.88 Å². The van der Waals surface area contributed by atoms with Crippen molar-refractivity contribution in [2.24, 2.45) is 0 Å². The Morgan fingerprint density at radius 2 is 1.70 bits per heavy atom. The number of benzene rings is 2. The van der Waals surface area contributed by atoms with E-state index in [-0.39, 0.29) is 17.9 Å². The molecule has 1 unspecified atom stereocenters. The van der Waals surface area contributed by atoms with E-state index >= 15 is 0 Å². The molecule has 2 aromatic carbocycles. The van der Waals surface area contributed by atoms with Crippen LogP contribution >= 0.6 is 0 Å². The molecule has 3 aromatic rings. The Kier molecular flexibility index (Phi) is 6.13. The summed E-state index contributed by atoms with van der Waals surface area (Å²) in [7, 11) is 3.12. The molecule has 0 bridgehead atoms. The van der Waals surface area contributed by atoms with Crippen molar-refractivity contribution >= 4 is 17.4 Å². The monoisotopic (exact) mass is 444 g/mol. The zero-order valence-corrected chi connectivity index (χ0v) is 18.6. The van der Waals surface area contributed by atoms with Crippen LogP contribution in [-0.2, 0) is 16.1 Å². The van der Waals surface area contributed by atoms with Gasteiger partial charge >= 0.3 is 0 Å². The van der Waals surface area contributed by atoms with Crippen LogP contribution < -0.4 is 9.47 Å². The lowest BCUT2D eigenvalue weighted by atomic mass is 9.93. The number of carbonyl (C=O) groups is 2. The number of aromatic nitrogens is 1. The average Bonchev–Trinajstić information content (AvgIpc) is 3.09. The molecular weight excluding hydrogens is 420 g/mol. The zero-order valence-electron chi connectivity index (χ0n) is 18.6. The van der Waals surface area contributed by atoms with Crippen molar-refractivity contribution < 1.29 is 24.2 Å². The second-order valence-corrected chi connectivity index (χ2v) is 7.70. The van der Waals surface area contributed by atoms with Gasteiger partial charge in [-0.3, -0.25) is 14.6 Å². The van der Waals surface area contributed by atoms with Crippen molar-refractivity contribution in [2.45, 2.75) is 19.5 Å². The van der Waals surface area contributed by atoms with Crippen LogP contribution in [0.4, 0.5) is 0 Å². The van der Waals surface area contributed by atoms with E-state index in [2.05, 4.69) is 4.98 Å². The van der Waals surface area contributed by atoms with E-state index in [0.717, 1.165) is 5.56 Å². The summed E-state index contributed by atoms with van der Waals surface area (Å²) in [5.41, 5.74) is 2.54. The standard InChI is InChI=1S/C26H24N2O5/c1-16-14-20(33-3)11-12-21(16)24(29)22-23(17-7-9-19(32-2)10-8-17)28(26(31)25(22)30)15-18-6-4-5-13-27-18/h4-14,23,29H,15H2,1-3H3/b24-22-. The summed E-state index contributed by atoms with van der Waals surface area (Å²) in [4.78, 5) is 32.0. The van der Waals surface area contributed by atoms with Gasteiger partial charge in [0.05, 0.1) is 38.1 Å². The van der Waals surface area contributed by atoms with E-state index in [1.807, 2.05) is 13.0 Å². The lowest BCUT2D eigenvalue weighted by Crippen LogP contribution is -2.29. The summed E-state index contributed by atoms with van der Waals surface area (Å²) in [6.45, 7) is 1.93. The maximum Gasteiger partial charge on any atom is 0.296 e. The Bertz CT molecular complexity index is 1220. The molecule has 0 aliphatic carbocycles. The van der Waals surface area contributed by atoms with Gasteiger partial charge in [-0.2, -0.15) is 0 Å². The third-order valence-corrected chi connectivity index (χ3v) is 5.72. The van der Waals surface area contributed by atoms with Gasteiger partial charge in [-0.25, -0.2) is 0 Å². The van der Waals surface area contributed by atoms with E-state index in [4.69, 9.17) is 9.47 Å². The summed E-state index contributed by atoms with van der Waals surface area (Å²) in [6, 6.07) is 16.9. The molecule has 1 N–H and O–H groups in total. The molecule has 4 rings (SSSR count). The fourth-order valence-corrected chi connectivity index (χ4v) is 4.02. The Morgan fingerprint density at radius 3 is 2.30 bits per heavy atom. The van der Waals surface area contributed by atoms with E-state index < -0.39 is 17.7 Å². The normalized spacial score (nSPS) is 17.3. The van der Waals surface area contributed by atoms with Crippen molar-refractivity contribution in [2.75, 3.05) is 14.2 Å². The summed E-state index contributed by atoms with van der Waals surface area (Å²) in [5.74, 6) is -0.371. The number of ketones is 1. The average molecular weight is 444 g/mol. The smallest absolute Gasteiger partial charge is 0.296 e. The highest BCUT2D eigenvalue weighted by atomic mass is 16.5. The van der Waals surface area contributed by atoms with E-state index in [9.17, 15) is 14.7 Å². The SMILES string of the molecule is COc1ccc(C2/C(=C(/O)c3ccc(OC)cc3C)C(=O)C(=O)N2Cc2ccccn2)cc1. The fraction of sp³-hybridized carbons (Fsp3) is 0.192. The Labute approximate surface area is 191 Å². The number of aryl methyl sites for hydroxylation is 1. The third kappa shape index (κ3) is 4.17. The number of aliphatic hydroxyl groups is 1. The molecule has 33 heavy (non-hydrogen) atoms. The lowest BCUT2D eigenvalue weighted by Gasteiger charge is -2.25. The first-order valence-corrected chi connectivity index (χ1v) is 10.4. The molecule has 168 valence electrons. The van der Waals surface area contributed by atoms with Gasteiger partial charge in [-0.05, 0) is 60.5 Å². The van der Waals surface area contributed by atoms with Crippen LogP contribution in [0.5, 0.6) is 11.5 Å². The van der Waals surface area contributed by atoms with Gasteiger partial charge in [0.1, 0.15) is 17.3 Å². The maximum atomic E-state index is 13.2. The van der Waals surface area contributed by atoms with Gasteiger partial charge in [0.15, 0.2) is 0 Å². The molecule has 7 heteroatoms. The predicted molar refractivity (Wildman–Crippen MR) is 123 cm³/mol. The quantitative estimate of drug-likeness (QED) is 0.351. The van der Waals surface area contributed by atoms with Gasteiger partial charge in [0, 0.05) is 11.8 Å². The number of aliphatic hydroxyl groups excluding tert-OH is 1. The van der Waals surface area contributed by atoms with E-state index in [1.165, 1.54) is 4.90 Å². The van der Waals surface area contributed by atoms with Gasteiger partial charge in [0.2, 0.25) is 0 Å². The van der Waals surface area contributed by atoms with Crippen LogP contribution in [0.15, 0.2) is 72.4 Å². The number of carbonyl (C=O) groups excluding carboxylic acids is 2. The van der Waals surface area contributed by atoms with Crippen LogP contribution in [-0.4, -0.2) is 40.9 Å². The number of Topliss-reactive ketones (excluding diaryl/α,β-unsaturated/α-hetero) is 1. The number of ether oxygens (including phenoxy) is 2. The topological polar surface area (TPSA) is 89.0 Å². The Morgan fingerprint density at radius 1 is 1.00 bits per heavy atom. The molecule has 1 atom stereocenters. The first kappa shape index (κ1) is 22.1. The minimum Gasteiger partial charge on any atom is -0.507 e. The van der Waals surface area contributed by atoms with Gasteiger partial charge in [-0.15, -0.1) is 0 Å². The maximum absolute atomic E-state index is 13.2. The van der Waals surface area contributed by atoms with E-state index in [0.29, 0.717) is 28.3 Å². The largest absolute Gasteiger partial charge is 0.507 e. The highest BCUT2D eigenvalue weighted by Gasteiger charge is 2.46. The molecular formula is C26H24N2O5. The van der Waals surface area contributed by atoms with Crippen LogP contribution in [0.25, 0.3) is 5.76 Å². The van der Waals surface area contributed by atoms with Crippen molar-refractivity contribution in [3.8, 4) is 11.5 Å². The minimum atomic E-state index is -0.778. The van der Waals surface area contributed by atoms with Crippen LogP contribution in [0, 0.1) is 6.92 Å². The van der Waals surface area contributed by atoms with Gasteiger partial charge < -0.3 is 19.5 Å². The molecule has 1 saturated heterocycles. The second kappa shape index (κ2) is 9.16. The molecule has 2 heterocycles. The molecule has 7 nitrogen and oxygen atoms in total. The fourth-order valence-electron chi connectivity index (χ4n) is 4.02. The van der Waals surface area contributed by atoms with Crippen molar-refractivity contribution in [3.63, 3.8) is 0 Å². The van der Waals surface area contributed by atoms with Crippen LogP contribution in [0.1, 0.15) is 28.4 Å². The van der Waals surface area contributed by atoms with Gasteiger partial charge in [0.25, 0.3) is 11.7 Å². The number of hydrogen-bond donors (Lipinski definition) is 1. The molecule has 1 fully saturated rings. The number of likely N-dealkylation sites (tertiary alicyclic amines) is 1. The predicted octanol–water partition coefficient (Wildman–Crippen LogP) is 4.03. The highest BCUT2D eigenvalue weighted by Crippen LogP contribution is 2.41. The molecule has 1 amide bonds. The molecule has 0 spiro atoms. The van der Waals surface area contributed by atoms with Crippen molar-refractivity contribution in [3.05, 3.63) is 94.8 Å². The summed E-state index contributed by atoms with van der Waals surface area (Å²) in [6.07, 6.45) is 1.63. The van der Waals surface area contributed by atoms with E-state index in [1.54, 1.807) is 75.0 Å². The number of pyridine rings is 1. The molecule has 0 radical (unpaired) electrons. The molecule has 1 aromatic heterocycles. The third-order valence-electron chi connectivity index (χ3n) is 5.72. The summed E-state index contributed by atoms with van der Waals surface area (Å²) < 4.78 is 10.5. The highest BCUT2D eigenvalue weighted by molar-refractivity contribution is 6.46. The second-order valence-electron chi connectivity index (χ2n) is 7.70. The molecule has 0 saturated carbocycles. The van der Waals surface area contributed by atoms with Crippen LogP contribution in [0.3, 0.4) is 0 Å². The Balaban J connectivity index is 1.87. The first-order valence-electron chi connectivity index (χ1n) is 10.4. The lowest BCUT2D eigenvalue weighted by molar-refractivity contribution is -0.140. The minimum absolute atomic E-state index is 0.0364. The number of amides is 1. The van der Waals surface area contributed by atoms with Crippen molar-refractivity contribution in [1.29, 1.82) is 0 Å². The number of nitrogens with zero attached hydrogens (tertiary/aromatic N) is 2. The van der Waals surface area contributed by atoms with Crippen LogP contribution in [0.2, 0.25) is 0 Å². The molecule has 1 aliphatic rings. The summed E-state index contributed by atoms with van der Waals surface area (Å²) >= 11 is 0. The molecule has 1 aliphatic heterocycles. The zero-order chi connectivity index (χ0) is 23.5. The Hall–Kier alpha value is -4.13.